The number of carbonyl (C=O) groups excluding carboxylic acids is 2. The molecule has 0 radical (unpaired) electrons. The van der Waals surface area contributed by atoms with Crippen LogP contribution in [0.3, 0.4) is 0 Å². The Bertz CT molecular complexity index is 948. The molecular weight excluding hydrogens is 466 g/mol. The molecule has 8 heteroatoms. The van der Waals surface area contributed by atoms with E-state index in [9.17, 15) is 9.59 Å². The van der Waals surface area contributed by atoms with Crippen LogP contribution in [-0.4, -0.2) is 43.0 Å². The first kappa shape index (κ1) is 30.3. The van der Waals surface area contributed by atoms with Crippen molar-refractivity contribution in [1.29, 1.82) is 0 Å². The zero-order chi connectivity index (χ0) is 25.3. The van der Waals surface area contributed by atoms with E-state index in [1.807, 2.05) is 25.1 Å². The van der Waals surface area contributed by atoms with E-state index in [2.05, 4.69) is 43.2 Å². The molecule has 0 heterocycles. The van der Waals surface area contributed by atoms with E-state index in [1.54, 1.807) is 31.4 Å². The zero-order valence-electron chi connectivity index (χ0n) is 21.9. The lowest BCUT2D eigenvalue weighted by Crippen LogP contribution is -2.43. The maximum absolute atomic E-state index is 13.1. The Morgan fingerprint density at radius 3 is 2.00 bits per heavy atom. The third kappa shape index (κ3) is 10.2. The molecule has 194 valence electrons. The van der Waals surface area contributed by atoms with Gasteiger partial charge in [0.2, 0.25) is 11.8 Å². The van der Waals surface area contributed by atoms with Crippen LogP contribution in [0.25, 0.3) is 0 Å². The molecule has 1 atom stereocenters. The number of ether oxygens (including phenoxy) is 2. The van der Waals surface area contributed by atoms with Crippen LogP contribution in [-0.2, 0) is 16.1 Å². The fraction of sp³-hybridized carbons (Fsp3) is 0.481. The van der Waals surface area contributed by atoms with Crippen LogP contribution in [0.5, 0.6) is 11.5 Å². The van der Waals surface area contributed by atoms with Gasteiger partial charge in [0.25, 0.3) is 0 Å². The molecule has 0 aliphatic carbocycles. The molecule has 2 aromatic carbocycles. The molecule has 2 rings (SSSR count). The quantitative estimate of drug-likeness (QED) is 0.392. The van der Waals surface area contributed by atoms with E-state index in [0.717, 1.165) is 17.9 Å². The molecule has 0 fully saturated rings. The van der Waals surface area contributed by atoms with Gasteiger partial charge >= 0.3 is 0 Å². The van der Waals surface area contributed by atoms with Crippen LogP contribution in [0.1, 0.15) is 47.1 Å². The summed E-state index contributed by atoms with van der Waals surface area (Å²) in [4.78, 5) is 26.4. The van der Waals surface area contributed by atoms with Crippen LogP contribution >= 0.6 is 12.4 Å². The second kappa shape index (κ2) is 14.6. The van der Waals surface area contributed by atoms with Gasteiger partial charge in [0.05, 0.1) is 19.8 Å². The Labute approximate surface area is 216 Å². The summed E-state index contributed by atoms with van der Waals surface area (Å²) in [7, 11) is 1.64. The minimum Gasteiger partial charge on any atom is -0.493 e. The monoisotopic (exact) mass is 505 g/mol. The maximum atomic E-state index is 13.1. The van der Waals surface area contributed by atoms with Crippen molar-refractivity contribution in [2.24, 2.45) is 11.8 Å². The lowest BCUT2D eigenvalue weighted by atomic mass is 10.1. The van der Waals surface area contributed by atoms with Gasteiger partial charge in [-0.15, -0.1) is 12.4 Å². The molecule has 0 spiro atoms. The van der Waals surface area contributed by atoms with Crippen molar-refractivity contribution in [3.8, 4) is 11.5 Å². The first-order valence-corrected chi connectivity index (χ1v) is 11.8. The van der Waals surface area contributed by atoms with E-state index >= 15 is 0 Å². The Balaban J connectivity index is 0.00000612. The van der Waals surface area contributed by atoms with Gasteiger partial charge in [-0.25, -0.2) is 0 Å². The van der Waals surface area contributed by atoms with Gasteiger partial charge in [-0.2, -0.15) is 0 Å². The molecule has 0 aromatic heterocycles. The SMILES string of the molecule is COc1ccc(CN(CC(C)C)C(C)C(=O)Nc2ccc(NC(C)=O)cc2)cc1OCC(C)C.Cl. The molecule has 1 unspecified atom stereocenters. The minimum absolute atomic E-state index is 0. The predicted octanol–water partition coefficient (Wildman–Crippen LogP) is 5.60. The summed E-state index contributed by atoms with van der Waals surface area (Å²) in [6.45, 7) is 13.9. The molecule has 0 aliphatic heterocycles. The summed E-state index contributed by atoms with van der Waals surface area (Å²) in [5.74, 6) is 2.00. The Morgan fingerprint density at radius 1 is 0.886 bits per heavy atom. The third-order valence-corrected chi connectivity index (χ3v) is 5.19. The Hall–Kier alpha value is -2.77. The van der Waals surface area contributed by atoms with E-state index in [-0.39, 0.29) is 30.3 Å². The van der Waals surface area contributed by atoms with Gasteiger partial charge < -0.3 is 20.1 Å². The average molecular weight is 506 g/mol. The lowest BCUT2D eigenvalue weighted by molar-refractivity contribution is -0.121. The van der Waals surface area contributed by atoms with Crippen molar-refractivity contribution in [2.45, 2.75) is 54.1 Å². The minimum atomic E-state index is -0.348. The molecular formula is C27H40ClN3O4. The van der Waals surface area contributed by atoms with Crippen molar-refractivity contribution in [3.05, 3.63) is 48.0 Å². The predicted molar refractivity (Wildman–Crippen MR) is 145 cm³/mol. The second-order valence-corrected chi connectivity index (χ2v) is 9.44. The Morgan fingerprint density at radius 2 is 1.49 bits per heavy atom. The topological polar surface area (TPSA) is 79.9 Å². The van der Waals surface area contributed by atoms with E-state index in [1.165, 1.54) is 6.92 Å². The van der Waals surface area contributed by atoms with Gasteiger partial charge in [0.15, 0.2) is 11.5 Å². The second-order valence-electron chi connectivity index (χ2n) is 9.44. The molecule has 0 aliphatic rings. The van der Waals surface area contributed by atoms with Crippen molar-refractivity contribution in [1.82, 2.24) is 4.90 Å². The van der Waals surface area contributed by atoms with Crippen LogP contribution in [0.4, 0.5) is 11.4 Å². The van der Waals surface area contributed by atoms with Crippen LogP contribution in [0.15, 0.2) is 42.5 Å². The number of hydrogen-bond acceptors (Lipinski definition) is 5. The molecule has 0 saturated heterocycles. The highest BCUT2D eigenvalue weighted by Crippen LogP contribution is 2.29. The number of nitrogens with one attached hydrogen (secondary N) is 2. The smallest absolute Gasteiger partial charge is 0.241 e. The van der Waals surface area contributed by atoms with Gasteiger partial charge in [0.1, 0.15) is 0 Å². The summed E-state index contributed by atoms with van der Waals surface area (Å²) in [6.07, 6.45) is 0. The number of hydrogen-bond donors (Lipinski definition) is 2. The first-order valence-electron chi connectivity index (χ1n) is 11.8. The maximum Gasteiger partial charge on any atom is 0.241 e. The van der Waals surface area contributed by atoms with Gasteiger partial charge in [-0.05, 0) is 60.7 Å². The van der Waals surface area contributed by atoms with Crippen LogP contribution in [0, 0.1) is 11.8 Å². The fourth-order valence-corrected chi connectivity index (χ4v) is 3.50. The normalized spacial score (nSPS) is 11.7. The third-order valence-electron chi connectivity index (χ3n) is 5.19. The van der Waals surface area contributed by atoms with Crippen LogP contribution in [0.2, 0.25) is 0 Å². The number of carbonyl (C=O) groups is 2. The van der Waals surface area contributed by atoms with Gasteiger partial charge in [0, 0.05) is 31.4 Å². The Kier molecular flexibility index (Phi) is 12.6. The van der Waals surface area contributed by atoms with Crippen molar-refractivity contribution in [3.63, 3.8) is 0 Å². The number of rotatable bonds is 12. The lowest BCUT2D eigenvalue weighted by Gasteiger charge is -2.30. The number of benzene rings is 2. The van der Waals surface area contributed by atoms with E-state index in [4.69, 9.17) is 9.47 Å². The van der Waals surface area contributed by atoms with Gasteiger partial charge in [-0.1, -0.05) is 33.8 Å². The van der Waals surface area contributed by atoms with Crippen molar-refractivity contribution < 1.29 is 19.1 Å². The summed E-state index contributed by atoms with van der Waals surface area (Å²) in [5, 5.41) is 5.71. The van der Waals surface area contributed by atoms with Crippen molar-refractivity contribution in [2.75, 3.05) is 30.9 Å². The zero-order valence-corrected chi connectivity index (χ0v) is 22.7. The van der Waals surface area contributed by atoms with E-state index < -0.39 is 0 Å². The largest absolute Gasteiger partial charge is 0.493 e. The van der Waals surface area contributed by atoms with Crippen LogP contribution < -0.4 is 20.1 Å². The summed E-state index contributed by atoms with van der Waals surface area (Å²) in [5.41, 5.74) is 2.43. The summed E-state index contributed by atoms with van der Waals surface area (Å²) >= 11 is 0. The average Bonchev–Trinajstić information content (AvgIpc) is 2.77. The number of amides is 2. The van der Waals surface area contributed by atoms with Crippen molar-refractivity contribution >= 4 is 35.6 Å². The fourth-order valence-electron chi connectivity index (χ4n) is 3.50. The van der Waals surface area contributed by atoms with Gasteiger partial charge in [-0.3, -0.25) is 14.5 Å². The number of halogens is 1. The highest BCUT2D eigenvalue weighted by Gasteiger charge is 2.23. The highest BCUT2D eigenvalue weighted by molar-refractivity contribution is 5.95. The standard InChI is InChI=1S/C27H39N3O4.ClH/c1-18(2)15-30(16-22-8-13-25(33-7)26(14-22)34-17-19(3)4)20(5)27(32)29-24-11-9-23(10-12-24)28-21(6)31;/h8-14,18-20H,15-17H2,1-7H3,(H,28,31)(H,29,32);1H. The number of methoxy groups -OCH3 is 1. The molecule has 0 saturated carbocycles. The summed E-state index contributed by atoms with van der Waals surface area (Å²) in [6, 6.07) is 12.7. The molecule has 2 aromatic rings. The molecule has 7 nitrogen and oxygen atoms in total. The summed E-state index contributed by atoms with van der Waals surface area (Å²) < 4.78 is 11.4. The number of anilines is 2. The molecule has 0 bridgehead atoms. The molecule has 2 amide bonds. The van der Waals surface area contributed by atoms with E-state index in [0.29, 0.717) is 42.1 Å². The molecule has 35 heavy (non-hydrogen) atoms. The molecule has 2 N–H and O–H groups in total. The first-order chi connectivity index (χ1) is 16.1. The highest BCUT2D eigenvalue weighted by atomic mass is 35.5. The number of nitrogens with zero attached hydrogens (tertiary/aromatic N) is 1.